The summed E-state index contributed by atoms with van der Waals surface area (Å²) in [5.41, 5.74) is -0.277. The Morgan fingerprint density at radius 1 is 0.867 bits per heavy atom. The third-order valence-electron chi connectivity index (χ3n) is 2.20. The van der Waals surface area contributed by atoms with Gasteiger partial charge < -0.3 is 15.3 Å². The van der Waals surface area contributed by atoms with Gasteiger partial charge in [0.2, 0.25) is 5.75 Å². The van der Waals surface area contributed by atoms with Crippen molar-refractivity contribution in [1.29, 1.82) is 0 Å². The minimum atomic E-state index is -0.733. The minimum absolute atomic E-state index is 0.266. The molecule has 0 bridgehead atoms. The molecule has 0 spiro atoms. The van der Waals surface area contributed by atoms with Gasteiger partial charge in [0.1, 0.15) is 0 Å². The van der Waals surface area contributed by atoms with Crippen LogP contribution in [0.15, 0.2) is 29.4 Å². The summed E-state index contributed by atoms with van der Waals surface area (Å²) in [6, 6.07) is 6.30. The van der Waals surface area contributed by atoms with Crippen LogP contribution in [0.2, 0.25) is 0 Å². The molecule has 0 aliphatic heterocycles. The Morgan fingerprint density at radius 3 is 2.07 bits per heavy atom. The molecule has 0 radical (unpaired) electrons. The molecule has 0 heterocycles. The van der Waals surface area contributed by atoms with Crippen LogP contribution in [0, 0.1) is 4.91 Å². The summed E-state index contributed by atoms with van der Waals surface area (Å²) in [5, 5.41) is 31.4. The van der Waals surface area contributed by atoms with Gasteiger partial charge >= 0.3 is 0 Å². The van der Waals surface area contributed by atoms with E-state index in [9.17, 15) is 20.2 Å². The second-order valence-corrected chi connectivity index (χ2v) is 3.03. The summed E-state index contributed by atoms with van der Waals surface area (Å²) in [5.74, 6) is -1.90. The molecular weight excluding hydrogens is 198 g/mol. The van der Waals surface area contributed by atoms with Crippen LogP contribution in [0.4, 0.5) is 5.69 Å². The molecule has 5 nitrogen and oxygen atoms in total. The quantitative estimate of drug-likeness (QED) is 0.492. The van der Waals surface area contributed by atoms with Crippen molar-refractivity contribution in [1.82, 2.24) is 0 Å². The van der Waals surface area contributed by atoms with E-state index in [2.05, 4.69) is 5.18 Å². The predicted octanol–water partition coefficient (Wildman–Crippen LogP) is 2.35. The van der Waals surface area contributed by atoms with Crippen molar-refractivity contribution in [2.45, 2.75) is 0 Å². The van der Waals surface area contributed by atoms with Gasteiger partial charge in [-0.05, 0) is 5.18 Å². The van der Waals surface area contributed by atoms with Crippen molar-refractivity contribution in [3.63, 3.8) is 0 Å². The van der Waals surface area contributed by atoms with E-state index in [0.29, 0.717) is 5.39 Å². The third-order valence-corrected chi connectivity index (χ3v) is 2.20. The fraction of sp³-hybridized carbons (Fsp3) is 0. The summed E-state index contributed by atoms with van der Waals surface area (Å²) in [6.45, 7) is 0. The monoisotopic (exact) mass is 205 g/mol. The SMILES string of the molecule is O=Nc1c(O)c(O)c(O)c2ccccc12. The van der Waals surface area contributed by atoms with Gasteiger partial charge in [0.25, 0.3) is 0 Å². The fourth-order valence-corrected chi connectivity index (χ4v) is 1.47. The number of hydrogen-bond donors (Lipinski definition) is 3. The second-order valence-electron chi connectivity index (χ2n) is 3.03. The molecular formula is C10H7NO4. The molecule has 0 aromatic heterocycles. The van der Waals surface area contributed by atoms with Crippen LogP contribution in [0.25, 0.3) is 10.8 Å². The summed E-state index contributed by atoms with van der Waals surface area (Å²) < 4.78 is 0. The molecule has 3 N–H and O–H groups in total. The second kappa shape index (κ2) is 3.13. The zero-order valence-corrected chi connectivity index (χ0v) is 7.51. The van der Waals surface area contributed by atoms with Gasteiger partial charge in [-0.1, -0.05) is 24.3 Å². The number of phenolic OH excluding ortho intramolecular Hbond substituents is 3. The Hall–Kier alpha value is -2.30. The smallest absolute Gasteiger partial charge is 0.203 e. The highest BCUT2D eigenvalue weighted by Gasteiger charge is 2.18. The maximum atomic E-state index is 10.5. The molecule has 0 saturated carbocycles. The Balaban J connectivity index is 3.04. The van der Waals surface area contributed by atoms with E-state index < -0.39 is 17.2 Å². The standard InChI is InChI=1S/C10H7NO4/c12-8-6-4-2-1-3-5(6)7(11-15)9(13)10(8)14/h1-4,12-14H. The first-order chi connectivity index (χ1) is 7.16. The Kier molecular flexibility index (Phi) is 1.93. The van der Waals surface area contributed by atoms with Crippen molar-refractivity contribution in [2.24, 2.45) is 5.18 Å². The number of nitroso groups, excluding NO2 is 1. The van der Waals surface area contributed by atoms with Crippen molar-refractivity contribution in [3.05, 3.63) is 29.2 Å². The van der Waals surface area contributed by atoms with Crippen LogP contribution in [0.3, 0.4) is 0 Å². The van der Waals surface area contributed by atoms with Crippen molar-refractivity contribution < 1.29 is 15.3 Å². The highest BCUT2D eigenvalue weighted by Crippen LogP contribution is 2.48. The number of phenols is 3. The van der Waals surface area contributed by atoms with Crippen LogP contribution in [-0.4, -0.2) is 15.3 Å². The molecule has 0 aliphatic carbocycles. The molecule has 0 saturated heterocycles. The van der Waals surface area contributed by atoms with Crippen molar-refractivity contribution in [2.75, 3.05) is 0 Å². The third kappa shape index (κ3) is 1.17. The maximum Gasteiger partial charge on any atom is 0.203 e. The van der Waals surface area contributed by atoms with E-state index in [4.69, 9.17) is 0 Å². The minimum Gasteiger partial charge on any atom is -0.504 e. The largest absolute Gasteiger partial charge is 0.504 e. The van der Waals surface area contributed by atoms with Crippen LogP contribution >= 0.6 is 0 Å². The maximum absolute atomic E-state index is 10.5. The molecule has 15 heavy (non-hydrogen) atoms. The van der Waals surface area contributed by atoms with Gasteiger partial charge in [0.05, 0.1) is 0 Å². The lowest BCUT2D eigenvalue weighted by molar-refractivity contribution is 0.372. The average molecular weight is 205 g/mol. The van der Waals surface area contributed by atoms with E-state index in [1.165, 1.54) is 12.1 Å². The Morgan fingerprint density at radius 2 is 1.47 bits per heavy atom. The normalized spacial score (nSPS) is 10.4. The summed E-state index contributed by atoms with van der Waals surface area (Å²) in [6.07, 6.45) is 0. The Bertz CT molecular complexity index is 551. The first kappa shape index (κ1) is 9.26. The molecule has 2 aromatic carbocycles. The van der Waals surface area contributed by atoms with Gasteiger partial charge in [-0.25, -0.2) is 0 Å². The molecule has 0 atom stereocenters. The predicted molar refractivity (Wildman–Crippen MR) is 54.4 cm³/mol. The van der Waals surface area contributed by atoms with Gasteiger partial charge in [0.15, 0.2) is 17.2 Å². The van der Waals surface area contributed by atoms with Crippen LogP contribution < -0.4 is 0 Å². The zero-order valence-electron chi connectivity index (χ0n) is 7.51. The molecule has 0 amide bonds. The van der Waals surface area contributed by atoms with E-state index in [0.717, 1.165) is 0 Å². The first-order valence-corrected chi connectivity index (χ1v) is 4.15. The van der Waals surface area contributed by atoms with Gasteiger partial charge in [-0.3, -0.25) is 0 Å². The lowest BCUT2D eigenvalue weighted by Gasteiger charge is -2.07. The molecule has 0 unspecified atom stereocenters. The van der Waals surface area contributed by atoms with Crippen molar-refractivity contribution >= 4 is 16.5 Å². The Labute approximate surface area is 84.2 Å². The number of nitrogens with zero attached hydrogens (tertiary/aromatic N) is 1. The highest BCUT2D eigenvalue weighted by atomic mass is 16.3. The summed E-state index contributed by atoms with van der Waals surface area (Å²) in [7, 11) is 0. The van der Waals surface area contributed by atoms with E-state index in [-0.39, 0.29) is 11.1 Å². The molecule has 2 rings (SSSR count). The number of fused-ring (bicyclic) bond motifs is 1. The number of hydrogen-bond acceptors (Lipinski definition) is 5. The molecule has 0 fully saturated rings. The summed E-state index contributed by atoms with van der Waals surface area (Å²) in [4.78, 5) is 10.5. The molecule has 76 valence electrons. The van der Waals surface area contributed by atoms with E-state index in [1.807, 2.05) is 0 Å². The number of benzene rings is 2. The zero-order chi connectivity index (χ0) is 11.0. The molecule has 5 heteroatoms. The lowest BCUT2D eigenvalue weighted by Crippen LogP contribution is -1.78. The molecule has 2 aromatic rings. The fourth-order valence-electron chi connectivity index (χ4n) is 1.47. The van der Waals surface area contributed by atoms with Crippen LogP contribution in [-0.2, 0) is 0 Å². The number of rotatable bonds is 1. The molecule has 0 aliphatic rings. The lowest BCUT2D eigenvalue weighted by atomic mass is 10.1. The summed E-state index contributed by atoms with van der Waals surface area (Å²) >= 11 is 0. The van der Waals surface area contributed by atoms with Crippen LogP contribution in [0.1, 0.15) is 0 Å². The highest BCUT2D eigenvalue weighted by molar-refractivity contribution is 6.01. The average Bonchev–Trinajstić information content (AvgIpc) is 2.27. The van der Waals surface area contributed by atoms with E-state index in [1.54, 1.807) is 12.1 Å². The van der Waals surface area contributed by atoms with E-state index >= 15 is 0 Å². The number of aromatic hydroxyl groups is 3. The van der Waals surface area contributed by atoms with Crippen molar-refractivity contribution in [3.8, 4) is 17.2 Å². The van der Waals surface area contributed by atoms with Crippen LogP contribution in [0.5, 0.6) is 17.2 Å². The van der Waals surface area contributed by atoms with Gasteiger partial charge in [0, 0.05) is 10.8 Å². The first-order valence-electron chi connectivity index (χ1n) is 4.15. The van der Waals surface area contributed by atoms with Gasteiger partial charge in [-0.15, -0.1) is 4.91 Å². The van der Waals surface area contributed by atoms with Gasteiger partial charge in [-0.2, -0.15) is 0 Å². The topological polar surface area (TPSA) is 90.1 Å².